The molecule has 2 saturated heterocycles. The Morgan fingerprint density at radius 2 is 2.00 bits per heavy atom. The summed E-state index contributed by atoms with van der Waals surface area (Å²) in [6.45, 7) is 8.35. The number of hydrogen-bond acceptors (Lipinski definition) is 6. The summed E-state index contributed by atoms with van der Waals surface area (Å²) in [5.74, 6) is 0.346. The van der Waals surface area contributed by atoms with Crippen molar-refractivity contribution in [2.45, 2.75) is 38.9 Å². The number of ether oxygens (including phenoxy) is 3. The highest BCUT2D eigenvalue weighted by atomic mass is 35.5. The molecule has 0 amide bonds. The molecule has 2 aromatic heterocycles. The number of halogens is 1. The van der Waals surface area contributed by atoms with Crippen molar-refractivity contribution >= 4 is 28.3 Å². The van der Waals surface area contributed by atoms with Gasteiger partial charge in [-0.3, -0.25) is 0 Å². The number of hydrogen-bond donors (Lipinski definition) is 2. The standard InChI is InChI=1S/C27H34ClN3O4/c1-3-9-27(18(2)20(8-12-32)17-34-27)35-25-16-24-23(29-25)15-22(28)26(30-24)19-4-6-21(7-5-19)31-10-13-33-14-11-31/h4-7,15-16,18,20,29,32H,3,8-14,17H2,1-2H3/t18?,20-,27+/m1/s1. The van der Waals surface area contributed by atoms with Gasteiger partial charge in [-0.1, -0.05) is 37.6 Å². The fraction of sp³-hybridized carbons (Fsp3) is 0.519. The lowest BCUT2D eigenvalue weighted by molar-refractivity contribution is -0.177. The zero-order chi connectivity index (χ0) is 24.4. The molecule has 8 heteroatoms. The number of fused-ring (bicyclic) bond motifs is 1. The third-order valence-corrected chi connectivity index (χ3v) is 7.66. The van der Waals surface area contributed by atoms with Crippen LogP contribution in [0.2, 0.25) is 5.02 Å². The van der Waals surface area contributed by atoms with Crippen LogP contribution >= 0.6 is 11.6 Å². The van der Waals surface area contributed by atoms with Gasteiger partial charge in [0, 0.05) is 49.4 Å². The van der Waals surface area contributed by atoms with Gasteiger partial charge < -0.3 is 29.2 Å². The van der Waals surface area contributed by atoms with Gasteiger partial charge in [0.1, 0.15) is 0 Å². The number of pyridine rings is 1. The summed E-state index contributed by atoms with van der Waals surface area (Å²) in [5.41, 5.74) is 4.51. The largest absolute Gasteiger partial charge is 0.447 e. The van der Waals surface area contributed by atoms with Crippen molar-refractivity contribution in [1.29, 1.82) is 0 Å². The molecule has 2 N–H and O–H groups in total. The van der Waals surface area contributed by atoms with E-state index in [1.807, 2.05) is 12.1 Å². The Kier molecular flexibility index (Phi) is 7.21. The van der Waals surface area contributed by atoms with Crippen LogP contribution in [0.25, 0.3) is 22.3 Å². The van der Waals surface area contributed by atoms with Crippen LogP contribution in [0, 0.1) is 11.8 Å². The molecule has 0 aliphatic carbocycles. The fourth-order valence-corrected chi connectivity index (χ4v) is 5.57. The minimum Gasteiger partial charge on any atom is -0.447 e. The van der Waals surface area contributed by atoms with E-state index in [1.165, 1.54) is 5.69 Å². The first kappa shape index (κ1) is 24.4. The first-order valence-corrected chi connectivity index (χ1v) is 13.0. The van der Waals surface area contributed by atoms with Crippen molar-refractivity contribution in [2.24, 2.45) is 11.8 Å². The lowest BCUT2D eigenvalue weighted by Crippen LogP contribution is -2.42. The van der Waals surface area contributed by atoms with Crippen LogP contribution in [0.1, 0.15) is 33.1 Å². The van der Waals surface area contributed by atoms with Crippen molar-refractivity contribution < 1.29 is 19.3 Å². The number of anilines is 1. The van der Waals surface area contributed by atoms with Crippen LogP contribution in [-0.2, 0) is 9.47 Å². The van der Waals surface area contributed by atoms with Crippen molar-refractivity contribution in [2.75, 3.05) is 44.4 Å². The topological polar surface area (TPSA) is 79.8 Å². The third kappa shape index (κ3) is 4.87. The van der Waals surface area contributed by atoms with Crippen molar-refractivity contribution in [3.05, 3.63) is 41.4 Å². The summed E-state index contributed by atoms with van der Waals surface area (Å²) >= 11 is 6.66. The highest BCUT2D eigenvalue weighted by Gasteiger charge is 2.49. The van der Waals surface area contributed by atoms with E-state index in [0.717, 1.165) is 61.4 Å². The van der Waals surface area contributed by atoms with Crippen LogP contribution in [-0.4, -0.2) is 60.4 Å². The Morgan fingerprint density at radius 1 is 1.23 bits per heavy atom. The SMILES string of the molecule is CCC[C@@]1(Oc2cc3nc(-c4ccc(N5CCOCC5)cc4)c(Cl)cc3[nH]2)OC[C@@H](CCO)C1C. The van der Waals surface area contributed by atoms with Gasteiger partial charge in [0.15, 0.2) is 5.88 Å². The Bertz CT molecular complexity index is 1150. The molecule has 5 rings (SSSR count). The smallest absolute Gasteiger partial charge is 0.215 e. The molecule has 0 bridgehead atoms. The molecule has 0 spiro atoms. The number of aromatic amines is 1. The predicted molar refractivity (Wildman–Crippen MR) is 138 cm³/mol. The summed E-state index contributed by atoms with van der Waals surface area (Å²) < 4.78 is 18.2. The van der Waals surface area contributed by atoms with Gasteiger partial charge in [0.05, 0.1) is 41.6 Å². The van der Waals surface area contributed by atoms with Crippen LogP contribution in [0.3, 0.4) is 0 Å². The van der Waals surface area contributed by atoms with Gasteiger partial charge in [-0.2, -0.15) is 0 Å². The second-order valence-corrected chi connectivity index (χ2v) is 9.97. The van der Waals surface area contributed by atoms with E-state index in [0.29, 0.717) is 23.9 Å². The van der Waals surface area contributed by atoms with Gasteiger partial charge in [0.25, 0.3) is 0 Å². The minimum absolute atomic E-state index is 0.158. The van der Waals surface area contributed by atoms with Gasteiger partial charge in [-0.15, -0.1) is 0 Å². The zero-order valence-corrected chi connectivity index (χ0v) is 21.2. The van der Waals surface area contributed by atoms with E-state index in [1.54, 1.807) is 0 Å². The van der Waals surface area contributed by atoms with E-state index in [4.69, 9.17) is 30.8 Å². The molecule has 1 unspecified atom stereocenters. The number of rotatable bonds is 8. The molecular weight excluding hydrogens is 466 g/mol. The summed E-state index contributed by atoms with van der Waals surface area (Å²) in [6.07, 6.45) is 2.43. The molecule has 3 aromatic rings. The first-order valence-electron chi connectivity index (χ1n) is 12.6. The molecule has 2 aliphatic rings. The molecule has 3 atom stereocenters. The Hall–Kier alpha value is -2.32. The lowest BCUT2D eigenvalue weighted by atomic mass is 9.86. The molecule has 0 saturated carbocycles. The average molecular weight is 500 g/mol. The van der Waals surface area contributed by atoms with Crippen molar-refractivity contribution in [3.8, 4) is 17.1 Å². The average Bonchev–Trinajstić information content (AvgIpc) is 3.40. The quantitative estimate of drug-likeness (QED) is 0.440. The minimum atomic E-state index is -0.711. The molecule has 1 aromatic carbocycles. The van der Waals surface area contributed by atoms with Crippen molar-refractivity contribution in [3.63, 3.8) is 0 Å². The monoisotopic (exact) mass is 499 g/mol. The number of nitrogens with one attached hydrogen (secondary N) is 1. The molecule has 188 valence electrons. The van der Waals surface area contributed by atoms with Crippen molar-refractivity contribution in [1.82, 2.24) is 9.97 Å². The second kappa shape index (κ2) is 10.3. The van der Waals surface area contributed by atoms with Gasteiger partial charge in [-0.05, 0) is 37.0 Å². The molecule has 7 nitrogen and oxygen atoms in total. The summed E-state index contributed by atoms with van der Waals surface area (Å²) in [5, 5.41) is 10.0. The van der Waals surface area contributed by atoms with E-state index >= 15 is 0 Å². The Balaban J connectivity index is 1.39. The molecular formula is C27H34ClN3O4. The maximum atomic E-state index is 9.43. The Labute approximate surface area is 211 Å². The summed E-state index contributed by atoms with van der Waals surface area (Å²) in [4.78, 5) is 10.5. The molecule has 2 aliphatic heterocycles. The second-order valence-electron chi connectivity index (χ2n) is 9.57. The predicted octanol–water partition coefficient (Wildman–Crippen LogP) is 5.26. The van der Waals surface area contributed by atoms with Gasteiger partial charge in [0.2, 0.25) is 5.79 Å². The zero-order valence-electron chi connectivity index (χ0n) is 20.4. The fourth-order valence-electron chi connectivity index (χ4n) is 5.31. The number of aliphatic hydroxyl groups excluding tert-OH is 1. The van der Waals surface area contributed by atoms with E-state index < -0.39 is 5.79 Å². The number of benzene rings is 1. The van der Waals surface area contributed by atoms with E-state index in [9.17, 15) is 5.11 Å². The number of H-pyrrole nitrogens is 1. The van der Waals surface area contributed by atoms with Crippen LogP contribution in [0.5, 0.6) is 5.88 Å². The highest BCUT2D eigenvalue weighted by molar-refractivity contribution is 6.33. The molecule has 2 fully saturated rings. The van der Waals surface area contributed by atoms with Crippen LogP contribution in [0.4, 0.5) is 5.69 Å². The highest BCUT2D eigenvalue weighted by Crippen LogP contribution is 2.43. The third-order valence-electron chi connectivity index (χ3n) is 7.37. The number of aliphatic hydroxyl groups is 1. The molecule has 4 heterocycles. The number of nitrogens with zero attached hydrogens (tertiary/aromatic N) is 2. The van der Waals surface area contributed by atoms with E-state index in [-0.39, 0.29) is 18.4 Å². The first-order chi connectivity index (χ1) is 17.0. The van der Waals surface area contributed by atoms with Crippen LogP contribution in [0.15, 0.2) is 36.4 Å². The van der Waals surface area contributed by atoms with Crippen LogP contribution < -0.4 is 9.64 Å². The number of morpholine rings is 1. The number of aromatic nitrogens is 2. The summed E-state index contributed by atoms with van der Waals surface area (Å²) in [7, 11) is 0. The maximum Gasteiger partial charge on any atom is 0.215 e. The van der Waals surface area contributed by atoms with Gasteiger partial charge >= 0.3 is 0 Å². The summed E-state index contributed by atoms with van der Waals surface area (Å²) in [6, 6.07) is 12.2. The maximum absolute atomic E-state index is 9.43. The molecule has 0 radical (unpaired) electrons. The lowest BCUT2D eigenvalue weighted by Gasteiger charge is -2.33. The Morgan fingerprint density at radius 3 is 2.71 bits per heavy atom. The van der Waals surface area contributed by atoms with E-state index in [2.05, 4.69) is 48.0 Å². The van der Waals surface area contributed by atoms with Gasteiger partial charge in [-0.25, -0.2) is 4.98 Å². The normalized spacial score (nSPS) is 24.9. The molecule has 35 heavy (non-hydrogen) atoms.